The summed E-state index contributed by atoms with van der Waals surface area (Å²) in [5.41, 5.74) is 2.37. The van der Waals surface area contributed by atoms with Crippen molar-refractivity contribution in [1.29, 1.82) is 0 Å². The molecule has 1 aliphatic carbocycles. The molecule has 1 aliphatic heterocycles. The van der Waals surface area contributed by atoms with Crippen LogP contribution in [0.15, 0.2) is 6.33 Å². The number of fused-ring (bicyclic) bond motifs is 1. The summed E-state index contributed by atoms with van der Waals surface area (Å²) in [6, 6.07) is 0. The Morgan fingerprint density at radius 3 is 2.82 bits per heavy atom. The molecule has 17 heavy (non-hydrogen) atoms. The molecule has 2 heterocycles. The molecule has 0 radical (unpaired) electrons. The van der Waals surface area contributed by atoms with E-state index in [0.29, 0.717) is 0 Å². The van der Waals surface area contributed by atoms with Gasteiger partial charge < -0.3 is 10.0 Å². The number of piperidine rings is 1. The summed E-state index contributed by atoms with van der Waals surface area (Å²) >= 11 is 0. The van der Waals surface area contributed by atoms with E-state index in [1.54, 1.807) is 6.33 Å². The second kappa shape index (κ2) is 4.61. The Bertz CT molecular complexity index is 402. The van der Waals surface area contributed by atoms with E-state index in [2.05, 4.69) is 14.9 Å². The average Bonchev–Trinajstić information content (AvgIpc) is 2.82. The largest absolute Gasteiger partial charge is 0.396 e. The maximum atomic E-state index is 9.46. The van der Waals surface area contributed by atoms with E-state index in [1.165, 1.54) is 24.8 Å². The first-order valence-electron chi connectivity index (χ1n) is 6.59. The zero-order valence-electron chi connectivity index (χ0n) is 10.1. The van der Waals surface area contributed by atoms with Gasteiger partial charge in [-0.25, -0.2) is 9.97 Å². The van der Waals surface area contributed by atoms with E-state index >= 15 is 0 Å². The van der Waals surface area contributed by atoms with Crippen LogP contribution in [-0.4, -0.2) is 34.8 Å². The van der Waals surface area contributed by atoms with Gasteiger partial charge in [-0.2, -0.15) is 0 Å². The van der Waals surface area contributed by atoms with Gasteiger partial charge in [0, 0.05) is 30.3 Å². The van der Waals surface area contributed by atoms with Crippen LogP contribution in [0.5, 0.6) is 0 Å². The quantitative estimate of drug-likeness (QED) is 0.840. The highest BCUT2D eigenvalue weighted by Gasteiger charge is 2.29. The lowest BCUT2D eigenvalue weighted by Gasteiger charge is -2.30. The van der Waals surface area contributed by atoms with Crippen molar-refractivity contribution in [2.45, 2.75) is 38.0 Å². The van der Waals surface area contributed by atoms with Crippen LogP contribution >= 0.6 is 0 Å². The van der Waals surface area contributed by atoms with Crippen LogP contribution in [0.1, 0.15) is 42.9 Å². The van der Waals surface area contributed by atoms with E-state index in [1.807, 2.05) is 0 Å². The van der Waals surface area contributed by atoms with Crippen LogP contribution in [0.2, 0.25) is 0 Å². The SMILES string of the molecule is OCC1CCc2ncnc(N3CCCCC3)c21. The van der Waals surface area contributed by atoms with Crippen LogP contribution < -0.4 is 4.90 Å². The van der Waals surface area contributed by atoms with E-state index in [9.17, 15) is 5.11 Å². The van der Waals surface area contributed by atoms with Crippen LogP contribution in [0.4, 0.5) is 5.82 Å². The van der Waals surface area contributed by atoms with Gasteiger partial charge in [-0.3, -0.25) is 0 Å². The first-order chi connectivity index (χ1) is 8.40. The van der Waals surface area contributed by atoms with Crippen molar-refractivity contribution in [1.82, 2.24) is 9.97 Å². The molecule has 1 fully saturated rings. The fraction of sp³-hybridized carbons (Fsp3) is 0.692. The summed E-state index contributed by atoms with van der Waals surface area (Å²) in [6.45, 7) is 2.42. The smallest absolute Gasteiger partial charge is 0.135 e. The van der Waals surface area contributed by atoms with E-state index in [-0.39, 0.29) is 12.5 Å². The number of nitrogens with zero attached hydrogens (tertiary/aromatic N) is 3. The fourth-order valence-electron chi connectivity index (χ4n) is 3.03. The van der Waals surface area contributed by atoms with Crippen LogP contribution in [-0.2, 0) is 6.42 Å². The molecule has 1 atom stereocenters. The summed E-state index contributed by atoms with van der Waals surface area (Å²) in [5.74, 6) is 1.34. The zero-order valence-corrected chi connectivity index (χ0v) is 10.1. The standard InChI is InChI=1S/C13H19N3O/c17-8-10-4-5-11-12(10)13(15-9-14-11)16-6-2-1-3-7-16/h9-10,17H,1-8H2. The lowest BCUT2D eigenvalue weighted by Crippen LogP contribution is -2.31. The lowest BCUT2D eigenvalue weighted by atomic mass is 10.0. The molecule has 92 valence electrons. The molecule has 3 rings (SSSR count). The number of hydrogen-bond donors (Lipinski definition) is 1. The summed E-state index contributed by atoms with van der Waals surface area (Å²) in [5, 5.41) is 9.46. The van der Waals surface area contributed by atoms with Crippen molar-refractivity contribution < 1.29 is 5.11 Å². The van der Waals surface area contributed by atoms with Gasteiger partial charge in [-0.05, 0) is 32.1 Å². The topological polar surface area (TPSA) is 49.3 Å². The Kier molecular flexibility index (Phi) is 2.97. The summed E-state index contributed by atoms with van der Waals surface area (Å²) in [6.07, 6.45) is 7.52. The second-order valence-electron chi connectivity index (χ2n) is 5.02. The minimum Gasteiger partial charge on any atom is -0.396 e. The summed E-state index contributed by atoms with van der Waals surface area (Å²) < 4.78 is 0. The molecule has 0 aromatic carbocycles. The molecule has 2 aliphatic rings. The summed E-state index contributed by atoms with van der Waals surface area (Å²) in [4.78, 5) is 11.2. The van der Waals surface area contributed by atoms with Gasteiger partial charge in [-0.1, -0.05) is 0 Å². The van der Waals surface area contributed by atoms with Gasteiger partial charge in [0.2, 0.25) is 0 Å². The van der Waals surface area contributed by atoms with Gasteiger partial charge >= 0.3 is 0 Å². The van der Waals surface area contributed by atoms with Crippen LogP contribution in [0, 0.1) is 0 Å². The predicted molar refractivity (Wildman–Crippen MR) is 66.2 cm³/mol. The van der Waals surface area contributed by atoms with Gasteiger partial charge in [0.1, 0.15) is 12.1 Å². The van der Waals surface area contributed by atoms with Crippen molar-refractivity contribution in [3.8, 4) is 0 Å². The highest BCUT2D eigenvalue weighted by molar-refractivity contribution is 5.53. The van der Waals surface area contributed by atoms with Crippen LogP contribution in [0.25, 0.3) is 0 Å². The molecule has 0 saturated carbocycles. The first kappa shape index (κ1) is 11.0. The Labute approximate surface area is 102 Å². The van der Waals surface area contributed by atoms with Gasteiger partial charge in [0.25, 0.3) is 0 Å². The Balaban J connectivity index is 1.96. The van der Waals surface area contributed by atoms with Crippen molar-refractivity contribution in [2.24, 2.45) is 0 Å². The highest BCUT2D eigenvalue weighted by atomic mass is 16.3. The third-order valence-corrected chi connectivity index (χ3v) is 3.96. The normalized spacial score (nSPS) is 23.8. The molecular formula is C13H19N3O. The zero-order chi connectivity index (χ0) is 11.7. The molecular weight excluding hydrogens is 214 g/mol. The number of aromatic nitrogens is 2. The molecule has 0 amide bonds. The Hall–Kier alpha value is -1.16. The predicted octanol–water partition coefficient (Wildman–Crippen LogP) is 1.49. The minimum absolute atomic E-state index is 0.223. The van der Waals surface area contributed by atoms with Gasteiger partial charge in [0.05, 0.1) is 6.61 Å². The third-order valence-electron chi connectivity index (χ3n) is 3.96. The fourth-order valence-corrected chi connectivity index (χ4v) is 3.03. The number of rotatable bonds is 2. The lowest BCUT2D eigenvalue weighted by molar-refractivity contribution is 0.265. The molecule has 1 aromatic rings. The van der Waals surface area contributed by atoms with Crippen molar-refractivity contribution in [2.75, 3.05) is 24.6 Å². The van der Waals surface area contributed by atoms with Crippen LogP contribution in [0.3, 0.4) is 0 Å². The number of hydrogen-bond acceptors (Lipinski definition) is 4. The van der Waals surface area contributed by atoms with E-state index in [4.69, 9.17) is 0 Å². The molecule has 1 aromatic heterocycles. The molecule has 1 saturated heterocycles. The molecule has 1 unspecified atom stereocenters. The minimum atomic E-state index is 0.223. The summed E-state index contributed by atoms with van der Waals surface area (Å²) in [7, 11) is 0. The Morgan fingerprint density at radius 2 is 2.06 bits per heavy atom. The molecule has 0 bridgehead atoms. The Morgan fingerprint density at radius 1 is 1.24 bits per heavy atom. The second-order valence-corrected chi connectivity index (χ2v) is 5.02. The molecule has 1 N–H and O–H groups in total. The van der Waals surface area contributed by atoms with E-state index < -0.39 is 0 Å². The van der Waals surface area contributed by atoms with E-state index in [0.717, 1.165) is 37.4 Å². The molecule has 4 nitrogen and oxygen atoms in total. The van der Waals surface area contributed by atoms with Gasteiger partial charge in [0.15, 0.2) is 0 Å². The number of aliphatic hydroxyl groups is 1. The monoisotopic (exact) mass is 233 g/mol. The van der Waals surface area contributed by atoms with Crippen molar-refractivity contribution >= 4 is 5.82 Å². The van der Waals surface area contributed by atoms with Crippen molar-refractivity contribution in [3.05, 3.63) is 17.6 Å². The first-order valence-corrected chi connectivity index (χ1v) is 6.59. The molecule has 0 spiro atoms. The van der Waals surface area contributed by atoms with Gasteiger partial charge in [-0.15, -0.1) is 0 Å². The molecule has 4 heteroatoms. The third kappa shape index (κ3) is 1.90. The maximum Gasteiger partial charge on any atom is 0.135 e. The average molecular weight is 233 g/mol. The highest BCUT2D eigenvalue weighted by Crippen LogP contribution is 2.37. The van der Waals surface area contributed by atoms with Crippen molar-refractivity contribution in [3.63, 3.8) is 0 Å². The number of aryl methyl sites for hydroxylation is 1. The number of anilines is 1. The maximum absolute atomic E-state index is 9.46. The number of aliphatic hydroxyl groups excluding tert-OH is 1.